The summed E-state index contributed by atoms with van der Waals surface area (Å²) in [5.74, 6) is -1.10. The van der Waals surface area contributed by atoms with Gasteiger partial charge in [0.1, 0.15) is 16.5 Å². The molecule has 0 bridgehead atoms. The molecule has 1 fully saturated rings. The third-order valence-electron chi connectivity index (χ3n) is 4.37. The largest absolute Gasteiger partial charge is 0.379 e. The number of nitrogens with one attached hydrogen (secondary N) is 1. The Morgan fingerprint density at radius 2 is 1.81 bits per heavy atom. The van der Waals surface area contributed by atoms with E-state index in [0.717, 1.165) is 12.1 Å². The fourth-order valence-corrected chi connectivity index (χ4v) is 4.56. The second kappa shape index (κ2) is 8.62. The van der Waals surface area contributed by atoms with E-state index >= 15 is 0 Å². The third-order valence-corrected chi connectivity index (χ3v) is 6.27. The van der Waals surface area contributed by atoms with Crippen LogP contribution < -0.4 is 4.72 Å². The Bertz CT molecular complexity index is 905. The smallest absolute Gasteiger partial charge is 0.242 e. The summed E-state index contributed by atoms with van der Waals surface area (Å²) in [5, 5.41) is -0.0717. The Morgan fingerprint density at radius 1 is 1.11 bits per heavy atom. The number of nitrogens with zero attached hydrogens (tertiary/aromatic N) is 1. The highest BCUT2D eigenvalue weighted by Crippen LogP contribution is 2.25. The first kappa shape index (κ1) is 20.2. The third kappa shape index (κ3) is 5.03. The first-order valence-corrected chi connectivity index (χ1v) is 10.2. The van der Waals surface area contributed by atoms with Gasteiger partial charge in [-0.2, -0.15) is 0 Å². The van der Waals surface area contributed by atoms with Crippen molar-refractivity contribution in [1.29, 1.82) is 0 Å². The molecule has 2 aromatic carbocycles. The molecule has 5 nitrogen and oxygen atoms in total. The fourth-order valence-electron chi connectivity index (χ4n) is 3.01. The predicted molar refractivity (Wildman–Crippen MR) is 98.1 cm³/mol. The summed E-state index contributed by atoms with van der Waals surface area (Å²) in [6.45, 7) is 2.18. The van der Waals surface area contributed by atoms with Crippen LogP contribution in [-0.4, -0.2) is 46.2 Å². The van der Waals surface area contributed by atoms with Crippen LogP contribution in [0.5, 0.6) is 0 Å². The zero-order valence-corrected chi connectivity index (χ0v) is 15.9. The van der Waals surface area contributed by atoms with Crippen LogP contribution in [0.15, 0.2) is 47.4 Å². The van der Waals surface area contributed by atoms with Gasteiger partial charge in [-0.3, -0.25) is 4.90 Å². The molecule has 146 valence electrons. The molecule has 0 aliphatic carbocycles. The lowest BCUT2D eigenvalue weighted by molar-refractivity contribution is 0.0171. The molecule has 1 unspecified atom stereocenters. The maximum Gasteiger partial charge on any atom is 0.242 e. The van der Waals surface area contributed by atoms with Crippen molar-refractivity contribution < 1.29 is 21.9 Å². The molecule has 27 heavy (non-hydrogen) atoms. The maximum absolute atomic E-state index is 13.7. The molecule has 9 heteroatoms. The summed E-state index contributed by atoms with van der Waals surface area (Å²) in [7, 11) is -4.04. The Balaban J connectivity index is 1.84. The van der Waals surface area contributed by atoms with Gasteiger partial charge in [-0.15, -0.1) is 0 Å². The van der Waals surface area contributed by atoms with E-state index in [1.54, 1.807) is 12.1 Å². The monoisotopic (exact) mass is 416 g/mol. The minimum Gasteiger partial charge on any atom is -0.379 e. The zero-order chi connectivity index (χ0) is 19.4. The normalized spacial score (nSPS) is 17.0. The summed E-state index contributed by atoms with van der Waals surface area (Å²) in [6.07, 6.45) is 0. The van der Waals surface area contributed by atoms with Crippen LogP contribution in [0.4, 0.5) is 8.78 Å². The van der Waals surface area contributed by atoms with Gasteiger partial charge in [0.25, 0.3) is 0 Å². The van der Waals surface area contributed by atoms with Crippen LogP contribution in [0, 0.1) is 11.6 Å². The number of sulfonamides is 1. The summed E-state index contributed by atoms with van der Waals surface area (Å²) in [4.78, 5) is 1.69. The van der Waals surface area contributed by atoms with Crippen molar-refractivity contribution in [2.45, 2.75) is 10.9 Å². The maximum atomic E-state index is 13.7. The summed E-state index contributed by atoms with van der Waals surface area (Å²) in [6, 6.07) is 8.79. The lowest BCUT2D eigenvalue weighted by Crippen LogP contribution is -2.43. The van der Waals surface area contributed by atoms with E-state index in [2.05, 4.69) is 4.72 Å². The molecule has 2 aromatic rings. The minimum atomic E-state index is -4.04. The van der Waals surface area contributed by atoms with E-state index in [-0.39, 0.29) is 16.5 Å². The Kier molecular flexibility index (Phi) is 6.44. The highest BCUT2D eigenvalue weighted by molar-refractivity contribution is 7.89. The first-order chi connectivity index (χ1) is 12.9. The zero-order valence-electron chi connectivity index (χ0n) is 14.4. The average Bonchev–Trinajstić information content (AvgIpc) is 2.65. The van der Waals surface area contributed by atoms with Crippen LogP contribution in [0.25, 0.3) is 0 Å². The first-order valence-electron chi connectivity index (χ1n) is 8.39. The van der Waals surface area contributed by atoms with Gasteiger partial charge >= 0.3 is 0 Å². The number of hydrogen-bond donors (Lipinski definition) is 1. The minimum absolute atomic E-state index is 0.0152. The molecule has 0 aromatic heterocycles. The van der Waals surface area contributed by atoms with Crippen molar-refractivity contribution in [2.24, 2.45) is 0 Å². The number of rotatable bonds is 6. The molecule has 0 amide bonds. The van der Waals surface area contributed by atoms with Gasteiger partial charge in [0.2, 0.25) is 10.0 Å². The Hall–Kier alpha value is -1.58. The molecule has 1 saturated heterocycles. The highest BCUT2D eigenvalue weighted by Gasteiger charge is 2.26. The lowest BCUT2D eigenvalue weighted by atomic mass is 10.0. The molecule has 0 saturated carbocycles. The molecule has 0 spiro atoms. The van der Waals surface area contributed by atoms with Crippen LogP contribution in [-0.2, 0) is 14.8 Å². The SMILES string of the molecule is O=S(=O)(NCC(c1cccc(F)c1)N1CCOCC1)c1cc(F)ccc1Cl. The van der Waals surface area contributed by atoms with Crippen molar-refractivity contribution in [3.8, 4) is 0 Å². The van der Waals surface area contributed by atoms with Gasteiger partial charge in [-0.05, 0) is 35.9 Å². The number of hydrogen-bond acceptors (Lipinski definition) is 4. The van der Waals surface area contributed by atoms with Gasteiger partial charge in [0, 0.05) is 25.7 Å². The quantitative estimate of drug-likeness (QED) is 0.786. The molecule has 1 heterocycles. The van der Waals surface area contributed by atoms with Gasteiger partial charge in [0.15, 0.2) is 0 Å². The van der Waals surface area contributed by atoms with Crippen LogP contribution >= 0.6 is 11.6 Å². The average molecular weight is 417 g/mol. The standard InChI is InChI=1S/C18H19ClF2N2O3S/c19-16-5-4-15(21)11-18(16)27(24,25)22-12-17(23-6-8-26-9-7-23)13-2-1-3-14(20)10-13/h1-5,10-11,17,22H,6-9,12H2. The van der Waals surface area contributed by atoms with E-state index in [1.807, 2.05) is 4.90 Å². The van der Waals surface area contributed by atoms with E-state index in [0.29, 0.717) is 31.9 Å². The topological polar surface area (TPSA) is 58.6 Å². The Morgan fingerprint density at radius 3 is 2.52 bits per heavy atom. The number of halogens is 3. The van der Waals surface area contributed by atoms with Crippen molar-refractivity contribution in [1.82, 2.24) is 9.62 Å². The van der Waals surface area contributed by atoms with Gasteiger partial charge < -0.3 is 4.74 Å². The molecule has 1 atom stereocenters. The van der Waals surface area contributed by atoms with E-state index < -0.39 is 27.7 Å². The molecule has 1 N–H and O–H groups in total. The van der Waals surface area contributed by atoms with Crippen molar-refractivity contribution in [2.75, 3.05) is 32.8 Å². The second-order valence-corrected chi connectivity index (χ2v) is 8.29. The van der Waals surface area contributed by atoms with E-state index in [1.165, 1.54) is 18.2 Å². The van der Waals surface area contributed by atoms with Gasteiger partial charge in [-0.1, -0.05) is 23.7 Å². The molecule has 1 aliphatic rings. The fraction of sp³-hybridized carbons (Fsp3) is 0.333. The number of benzene rings is 2. The predicted octanol–water partition coefficient (Wildman–Crippen LogP) is 2.97. The van der Waals surface area contributed by atoms with Crippen molar-refractivity contribution >= 4 is 21.6 Å². The highest BCUT2D eigenvalue weighted by atomic mass is 35.5. The van der Waals surface area contributed by atoms with E-state index in [9.17, 15) is 17.2 Å². The molecular formula is C18H19ClF2N2O3S. The summed E-state index contributed by atoms with van der Waals surface area (Å²) >= 11 is 5.92. The van der Waals surface area contributed by atoms with E-state index in [4.69, 9.17) is 16.3 Å². The molecule has 0 radical (unpaired) electrons. The van der Waals surface area contributed by atoms with Gasteiger partial charge in [-0.25, -0.2) is 21.9 Å². The summed E-state index contributed by atoms with van der Waals surface area (Å²) < 4.78 is 60.2. The van der Waals surface area contributed by atoms with Crippen LogP contribution in [0.3, 0.4) is 0 Å². The number of morpholine rings is 1. The Labute approximate surface area is 161 Å². The van der Waals surface area contributed by atoms with Gasteiger partial charge in [0.05, 0.1) is 18.2 Å². The van der Waals surface area contributed by atoms with Crippen LogP contribution in [0.1, 0.15) is 11.6 Å². The summed E-state index contributed by atoms with van der Waals surface area (Å²) in [5.41, 5.74) is 0.643. The van der Waals surface area contributed by atoms with Crippen molar-refractivity contribution in [3.05, 3.63) is 64.7 Å². The number of ether oxygens (including phenoxy) is 1. The molecular weight excluding hydrogens is 398 g/mol. The van der Waals surface area contributed by atoms with Crippen molar-refractivity contribution in [3.63, 3.8) is 0 Å². The lowest BCUT2D eigenvalue weighted by Gasteiger charge is -2.35. The second-order valence-electron chi connectivity index (χ2n) is 6.15. The molecule has 1 aliphatic heterocycles. The molecule has 3 rings (SSSR count). The van der Waals surface area contributed by atoms with Crippen LogP contribution in [0.2, 0.25) is 5.02 Å².